The molecule has 4 aromatic rings. The molecule has 2 aliphatic heterocycles. The Hall–Kier alpha value is -3.15. The second-order valence-corrected chi connectivity index (χ2v) is 13.7. The van der Waals surface area contributed by atoms with Crippen molar-refractivity contribution in [2.24, 2.45) is 0 Å². The van der Waals surface area contributed by atoms with E-state index in [9.17, 15) is 22.8 Å². The Morgan fingerprint density at radius 3 is 2.18 bits per heavy atom. The molecule has 1 unspecified atom stereocenters. The van der Waals surface area contributed by atoms with E-state index in [0.29, 0.717) is 55.9 Å². The molecule has 3 aromatic carbocycles. The molecular weight excluding hydrogens is 677 g/mol. The molecule has 11 heteroatoms. The van der Waals surface area contributed by atoms with Crippen molar-refractivity contribution in [3.63, 3.8) is 0 Å². The fourth-order valence-corrected chi connectivity index (χ4v) is 7.64. The summed E-state index contributed by atoms with van der Waals surface area (Å²) in [4.78, 5) is 30.5. The third-order valence-corrected chi connectivity index (χ3v) is 10.4. The molecule has 0 N–H and O–H groups in total. The van der Waals surface area contributed by atoms with Gasteiger partial charge in [-0.25, -0.2) is 0 Å². The van der Waals surface area contributed by atoms with Gasteiger partial charge in [-0.2, -0.15) is 0 Å². The average molecular weight is 707 g/mol. The first-order valence-corrected chi connectivity index (χ1v) is 16.4. The van der Waals surface area contributed by atoms with E-state index < -0.39 is 46.5 Å². The Morgan fingerprint density at radius 1 is 0.864 bits per heavy atom. The molecule has 1 aromatic heterocycles. The van der Waals surface area contributed by atoms with Gasteiger partial charge < -0.3 is 0 Å². The maximum absolute atomic E-state index is 15.0. The summed E-state index contributed by atoms with van der Waals surface area (Å²) in [5.74, 6) is -1.06. The Kier molecular flexibility index (Phi) is 8.65. The minimum atomic E-state index is -4.82. The van der Waals surface area contributed by atoms with Crippen molar-refractivity contribution in [2.75, 3.05) is 13.1 Å². The van der Waals surface area contributed by atoms with E-state index in [0.717, 1.165) is 45.0 Å². The molecule has 2 aliphatic rings. The Balaban J connectivity index is 1.43. The molecule has 2 radical (unpaired) electrons. The van der Waals surface area contributed by atoms with Crippen molar-refractivity contribution in [3.05, 3.63) is 139 Å². The number of benzene rings is 3. The first-order chi connectivity index (χ1) is 21.1. The van der Waals surface area contributed by atoms with Crippen LogP contribution in [0.3, 0.4) is 0 Å². The zero-order valence-corrected chi connectivity index (χ0v) is 27.2. The quantitative estimate of drug-likeness (QED) is 0.250. The molecule has 1 atom stereocenters. The van der Waals surface area contributed by atoms with Crippen LogP contribution in [0.15, 0.2) is 88.5 Å². The molecule has 6 rings (SSSR count). The molecular formula is C33H30F4InN3O3. The van der Waals surface area contributed by atoms with Crippen LogP contribution in [0, 0.1) is 5.82 Å². The SMILES string of the molecule is O=c1c2c(n(Cc3c(F)cccc3C(F)(F)F)c(=O)n1C[CH]([In])c1ccccc1)COC21CCN(Cc2ccccc2)CC1. The van der Waals surface area contributed by atoms with Gasteiger partial charge in [-0.3, -0.25) is 0 Å². The number of nitrogens with zero attached hydrogens (tertiary/aromatic N) is 3. The second-order valence-electron chi connectivity index (χ2n) is 11.4. The van der Waals surface area contributed by atoms with Gasteiger partial charge in [-0.05, 0) is 0 Å². The molecule has 1 fully saturated rings. The first-order valence-electron chi connectivity index (χ1n) is 14.5. The van der Waals surface area contributed by atoms with Crippen LogP contribution in [0.1, 0.15) is 50.0 Å². The maximum atomic E-state index is 15.0. The van der Waals surface area contributed by atoms with E-state index in [4.69, 9.17) is 4.74 Å². The predicted octanol–water partition coefficient (Wildman–Crippen LogP) is 5.15. The summed E-state index contributed by atoms with van der Waals surface area (Å²) in [6.45, 7) is 1.28. The van der Waals surface area contributed by atoms with E-state index in [1.807, 2.05) is 48.5 Å². The molecule has 1 saturated heterocycles. The fourth-order valence-electron chi connectivity index (χ4n) is 6.41. The summed E-state index contributed by atoms with van der Waals surface area (Å²) < 4.78 is 65.3. The second kappa shape index (κ2) is 12.3. The standard InChI is InChI=1S/C33H30F4N3O3.In/c34-27-13-7-12-26(33(35,36)37)25(27)21-40-28-22-43-32(15-18-38(19-16-32)20-24-10-5-2-6-11-24)29(28)30(41)39(31(40)42)17-14-23-8-3-1-4-9-23;/h1-14H,15-22H2;. The molecule has 3 heterocycles. The third-order valence-electron chi connectivity index (χ3n) is 8.74. The van der Waals surface area contributed by atoms with Crippen molar-refractivity contribution in [1.29, 1.82) is 0 Å². The summed E-state index contributed by atoms with van der Waals surface area (Å²) in [5, 5.41) is 0. The topological polar surface area (TPSA) is 56.5 Å². The van der Waals surface area contributed by atoms with Gasteiger partial charge in [0, 0.05) is 0 Å². The van der Waals surface area contributed by atoms with Crippen LogP contribution in [0.5, 0.6) is 0 Å². The molecule has 0 amide bonds. The van der Waals surface area contributed by atoms with Crippen LogP contribution in [0.2, 0.25) is 0 Å². The number of piperidine rings is 1. The van der Waals surface area contributed by atoms with E-state index >= 15 is 4.39 Å². The molecule has 0 aliphatic carbocycles. The zero-order valence-electron chi connectivity index (χ0n) is 23.9. The van der Waals surface area contributed by atoms with Gasteiger partial charge >= 0.3 is 249 Å². The number of likely N-dealkylation sites (tertiary alicyclic amines) is 1. The van der Waals surface area contributed by atoms with Gasteiger partial charge in [0.1, 0.15) is 0 Å². The molecule has 226 valence electrons. The van der Waals surface area contributed by atoms with Gasteiger partial charge in [0.25, 0.3) is 0 Å². The van der Waals surface area contributed by atoms with Gasteiger partial charge in [0.05, 0.1) is 0 Å². The van der Waals surface area contributed by atoms with Crippen molar-refractivity contribution >= 4 is 24.4 Å². The van der Waals surface area contributed by atoms with E-state index in [1.54, 1.807) is 0 Å². The van der Waals surface area contributed by atoms with Crippen LogP contribution in [-0.4, -0.2) is 51.5 Å². The van der Waals surface area contributed by atoms with E-state index in [1.165, 1.54) is 0 Å². The van der Waals surface area contributed by atoms with Gasteiger partial charge in [0.15, 0.2) is 0 Å². The number of hydrogen-bond donors (Lipinski definition) is 0. The Labute approximate surface area is 266 Å². The number of aromatic nitrogens is 2. The number of alkyl halides is 3. The van der Waals surface area contributed by atoms with Crippen LogP contribution in [0.25, 0.3) is 0 Å². The normalized spacial score (nSPS) is 17.1. The number of fused-ring (bicyclic) bond motifs is 2. The Bertz CT molecular complexity index is 1770. The van der Waals surface area contributed by atoms with Crippen LogP contribution >= 0.6 is 0 Å². The zero-order chi connectivity index (χ0) is 31.1. The van der Waals surface area contributed by atoms with Gasteiger partial charge in [-0.1, -0.05) is 18.2 Å². The first kappa shape index (κ1) is 30.9. The molecule has 0 bridgehead atoms. The number of halogens is 4. The summed E-state index contributed by atoms with van der Waals surface area (Å²) in [5.41, 5.74) is -1.35. The summed E-state index contributed by atoms with van der Waals surface area (Å²) in [6.07, 6.45) is -3.86. The number of hydrogen-bond acceptors (Lipinski definition) is 4. The van der Waals surface area contributed by atoms with E-state index in [2.05, 4.69) is 17.0 Å². The Morgan fingerprint density at radius 2 is 1.52 bits per heavy atom. The summed E-state index contributed by atoms with van der Waals surface area (Å²) in [6, 6.07) is 22.3. The monoisotopic (exact) mass is 707 g/mol. The van der Waals surface area contributed by atoms with Crippen molar-refractivity contribution in [2.45, 2.75) is 54.5 Å². The summed E-state index contributed by atoms with van der Waals surface area (Å²) in [7, 11) is 0. The molecule has 0 saturated carbocycles. The van der Waals surface area contributed by atoms with Crippen LogP contribution in [0.4, 0.5) is 17.6 Å². The predicted molar refractivity (Wildman–Crippen MR) is 158 cm³/mol. The third kappa shape index (κ3) is 5.93. The van der Waals surface area contributed by atoms with Gasteiger partial charge in [-0.15, -0.1) is 0 Å². The fraction of sp³-hybridized carbons (Fsp3) is 0.333. The molecule has 6 nitrogen and oxygen atoms in total. The minimum absolute atomic E-state index is 0.0663. The number of ether oxygens (including phenoxy) is 1. The van der Waals surface area contributed by atoms with Gasteiger partial charge in [0.2, 0.25) is 0 Å². The van der Waals surface area contributed by atoms with Crippen LogP contribution in [-0.2, 0) is 42.8 Å². The van der Waals surface area contributed by atoms with Crippen molar-refractivity contribution in [3.8, 4) is 0 Å². The number of rotatable bonds is 7. The molecule has 1 spiro atoms. The van der Waals surface area contributed by atoms with Crippen LogP contribution < -0.4 is 11.2 Å². The summed E-state index contributed by atoms with van der Waals surface area (Å²) >= 11 is 0.699. The molecule has 44 heavy (non-hydrogen) atoms. The van der Waals surface area contributed by atoms with Crippen molar-refractivity contribution < 1.29 is 22.3 Å². The van der Waals surface area contributed by atoms with E-state index in [-0.39, 0.29) is 22.5 Å². The van der Waals surface area contributed by atoms with Crippen molar-refractivity contribution in [1.82, 2.24) is 14.0 Å². The average Bonchev–Trinajstić information content (AvgIpc) is 3.38.